The molecule has 108 valence electrons. The van der Waals surface area contributed by atoms with E-state index in [1.807, 2.05) is 18.2 Å². The van der Waals surface area contributed by atoms with Gasteiger partial charge in [0.15, 0.2) is 5.82 Å². The molecule has 1 aromatic carbocycles. The van der Waals surface area contributed by atoms with Gasteiger partial charge in [-0.2, -0.15) is 5.10 Å². The van der Waals surface area contributed by atoms with Crippen molar-refractivity contribution in [3.63, 3.8) is 0 Å². The molecular formula is C14H18BrClN4. The monoisotopic (exact) mass is 356 g/mol. The molecule has 0 spiro atoms. The molecule has 0 fully saturated rings. The average Bonchev–Trinajstić information content (AvgIpc) is 2.81. The second-order valence-corrected chi connectivity index (χ2v) is 6.10. The molecule has 0 amide bonds. The maximum atomic E-state index is 6.03. The Hall–Kier alpha value is -0.910. The van der Waals surface area contributed by atoms with Crippen LogP contribution in [0.2, 0.25) is 5.02 Å². The van der Waals surface area contributed by atoms with Crippen molar-refractivity contribution in [2.24, 2.45) is 5.73 Å². The van der Waals surface area contributed by atoms with E-state index < -0.39 is 0 Å². The predicted octanol–water partition coefficient (Wildman–Crippen LogP) is 3.48. The quantitative estimate of drug-likeness (QED) is 0.745. The van der Waals surface area contributed by atoms with Crippen molar-refractivity contribution in [3.8, 4) is 0 Å². The largest absolute Gasteiger partial charge is 0.330 e. The Morgan fingerprint density at radius 3 is 2.80 bits per heavy atom. The van der Waals surface area contributed by atoms with Crippen LogP contribution in [0.3, 0.4) is 0 Å². The minimum absolute atomic E-state index is 0.703. The highest BCUT2D eigenvalue weighted by Crippen LogP contribution is 2.20. The van der Waals surface area contributed by atoms with Gasteiger partial charge in [0.2, 0.25) is 0 Å². The van der Waals surface area contributed by atoms with Gasteiger partial charge in [0, 0.05) is 22.3 Å². The zero-order chi connectivity index (χ0) is 14.4. The summed E-state index contributed by atoms with van der Waals surface area (Å²) in [5.41, 5.74) is 6.58. The number of unbranched alkanes of at least 4 members (excludes halogenated alkanes) is 2. The first-order valence-electron chi connectivity index (χ1n) is 6.72. The second-order valence-electron chi connectivity index (χ2n) is 4.75. The summed E-state index contributed by atoms with van der Waals surface area (Å²) in [4.78, 5) is 4.51. The Morgan fingerprint density at radius 2 is 2.05 bits per heavy atom. The SMILES string of the molecule is NCCCCCc1n[nH]c(Cc2cc(Cl)cc(Br)c2)n1. The van der Waals surface area contributed by atoms with E-state index in [0.29, 0.717) is 6.42 Å². The molecule has 0 saturated carbocycles. The minimum Gasteiger partial charge on any atom is -0.330 e. The van der Waals surface area contributed by atoms with Crippen molar-refractivity contribution in [1.29, 1.82) is 0 Å². The van der Waals surface area contributed by atoms with Gasteiger partial charge in [-0.15, -0.1) is 0 Å². The first-order valence-corrected chi connectivity index (χ1v) is 7.89. The summed E-state index contributed by atoms with van der Waals surface area (Å²) in [6.45, 7) is 0.753. The summed E-state index contributed by atoms with van der Waals surface area (Å²) >= 11 is 9.47. The van der Waals surface area contributed by atoms with Crippen LogP contribution in [-0.2, 0) is 12.8 Å². The van der Waals surface area contributed by atoms with Crippen LogP contribution >= 0.6 is 27.5 Å². The topological polar surface area (TPSA) is 67.6 Å². The van der Waals surface area contributed by atoms with Crippen LogP contribution in [0.5, 0.6) is 0 Å². The second kappa shape index (κ2) is 7.76. The highest BCUT2D eigenvalue weighted by Gasteiger charge is 2.05. The Balaban J connectivity index is 1.92. The summed E-state index contributed by atoms with van der Waals surface area (Å²) in [5.74, 6) is 1.74. The zero-order valence-electron chi connectivity index (χ0n) is 11.2. The lowest BCUT2D eigenvalue weighted by atomic mass is 10.1. The lowest BCUT2D eigenvalue weighted by Gasteiger charge is -2.00. The summed E-state index contributed by atoms with van der Waals surface area (Å²) < 4.78 is 0.974. The molecule has 0 radical (unpaired) electrons. The fraction of sp³-hybridized carbons (Fsp3) is 0.429. The smallest absolute Gasteiger partial charge is 0.150 e. The number of rotatable bonds is 7. The maximum absolute atomic E-state index is 6.03. The van der Waals surface area contributed by atoms with Crippen molar-refractivity contribution in [2.45, 2.75) is 32.1 Å². The number of aromatic nitrogens is 3. The van der Waals surface area contributed by atoms with Gasteiger partial charge < -0.3 is 5.73 Å². The van der Waals surface area contributed by atoms with Crippen LogP contribution in [0, 0.1) is 0 Å². The van der Waals surface area contributed by atoms with Gasteiger partial charge in [0.25, 0.3) is 0 Å². The number of halogens is 2. The van der Waals surface area contributed by atoms with Crippen LogP contribution in [0.4, 0.5) is 0 Å². The Labute approximate surface area is 132 Å². The van der Waals surface area contributed by atoms with Crippen LogP contribution < -0.4 is 5.73 Å². The number of benzene rings is 1. The Morgan fingerprint density at radius 1 is 1.20 bits per heavy atom. The van der Waals surface area contributed by atoms with Gasteiger partial charge >= 0.3 is 0 Å². The van der Waals surface area contributed by atoms with E-state index in [2.05, 4.69) is 31.1 Å². The van der Waals surface area contributed by atoms with Crippen molar-refractivity contribution in [1.82, 2.24) is 15.2 Å². The standard InChI is InChI=1S/C14H18BrClN4/c15-11-6-10(7-12(16)9-11)8-14-18-13(19-20-14)4-2-1-3-5-17/h6-7,9H,1-5,8,17H2,(H,18,19,20). The molecule has 0 aliphatic rings. The molecular weight excluding hydrogens is 340 g/mol. The molecule has 3 N–H and O–H groups in total. The first kappa shape index (κ1) is 15.5. The molecule has 4 nitrogen and oxygen atoms in total. The third-order valence-electron chi connectivity index (χ3n) is 2.98. The summed E-state index contributed by atoms with van der Waals surface area (Å²) in [5, 5.41) is 7.95. The Bertz CT molecular complexity index is 536. The van der Waals surface area contributed by atoms with Gasteiger partial charge in [0.1, 0.15) is 5.82 Å². The first-order chi connectivity index (χ1) is 9.67. The molecule has 6 heteroatoms. The number of nitrogens with one attached hydrogen (secondary N) is 1. The van der Waals surface area contributed by atoms with Gasteiger partial charge in [-0.1, -0.05) is 34.0 Å². The molecule has 0 aliphatic carbocycles. The van der Waals surface area contributed by atoms with E-state index in [1.54, 1.807) is 0 Å². The summed E-state index contributed by atoms with van der Waals surface area (Å²) in [6, 6.07) is 5.85. The number of hydrogen-bond donors (Lipinski definition) is 2. The number of nitrogens with two attached hydrogens (primary N) is 1. The Kier molecular flexibility index (Phi) is 6.01. The van der Waals surface area contributed by atoms with Gasteiger partial charge in [0.05, 0.1) is 0 Å². The molecule has 0 aliphatic heterocycles. The lowest BCUT2D eigenvalue weighted by molar-refractivity contribution is 0.670. The fourth-order valence-electron chi connectivity index (χ4n) is 2.04. The van der Waals surface area contributed by atoms with E-state index in [4.69, 9.17) is 17.3 Å². The van der Waals surface area contributed by atoms with Gasteiger partial charge in [-0.25, -0.2) is 4.98 Å². The van der Waals surface area contributed by atoms with E-state index in [1.165, 1.54) is 0 Å². The molecule has 1 aromatic heterocycles. The number of H-pyrrole nitrogens is 1. The molecule has 2 aromatic rings. The highest BCUT2D eigenvalue weighted by atomic mass is 79.9. The van der Waals surface area contributed by atoms with Crippen molar-refractivity contribution >= 4 is 27.5 Å². The number of aromatic amines is 1. The predicted molar refractivity (Wildman–Crippen MR) is 85.0 cm³/mol. The molecule has 0 unspecified atom stereocenters. The van der Waals surface area contributed by atoms with Crippen molar-refractivity contribution in [3.05, 3.63) is 44.9 Å². The van der Waals surface area contributed by atoms with Crippen LogP contribution in [0.1, 0.15) is 36.5 Å². The average molecular weight is 358 g/mol. The maximum Gasteiger partial charge on any atom is 0.150 e. The molecule has 1 heterocycles. The van der Waals surface area contributed by atoms with Gasteiger partial charge in [-0.3, -0.25) is 5.10 Å². The van der Waals surface area contributed by atoms with Crippen LogP contribution in [0.15, 0.2) is 22.7 Å². The van der Waals surface area contributed by atoms with E-state index in [-0.39, 0.29) is 0 Å². The zero-order valence-corrected chi connectivity index (χ0v) is 13.5. The summed E-state index contributed by atoms with van der Waals surface area (Å²) in [6.07, 6.45) is 4.87. The third-order valence-corrected chi connectivity index (χ3v) is 3.65. The van der Waals surface area contributed by atoms with E-state index in [9.17, 15) is 0 Å². The molecule has 0 bridgehead atoms. The third kappa shape index (κ3) is 4.89. The number of aryl methyl sites for hydroxylation is 1. The molecule has 2 rings (SSSR count). The fourth-order valence-corrected chi connectivity index (χ4v) is 2.97. The van der Waals surface area contributed by atoms with E-state index >= 15 is 0 Å². The molecule has 20 heavy (non-hydrogen) atoms. The van der Waals surface area contributed by atoms with Crippen LogP contribution in [-0.4, -0.2) is 21.7 Å². The van der Waals surface area contributed by atoms with Gasteiger partial charge in [-0.05, 0) is 43.1 Å². The summed E-state index contributed by atoms with van der Waals surface area (Å²) in [7, 11) is 0. The number of hydrogen-bond acceptors (Lipinski definition) is 3. The molecule has 0 atom stereocenters. The minimum atomic E-state index is 0.703. The van der Waals surface area contributed by atoms with Crippen molar-refractivity contribution in [2.75, 3.05) is 6.54 Å². The van der Waals surface area contributed by atoms with E-state index in [0.717, 1.165) is 58.9 Å². The van der Waals surface area contributed by atoms with Crippen molar-refractivity contribution < 1.29 is 0 Å². The normalized spacial score (nSPS) is 10.9. The van der Waals surface area contributed by atoms with Crippen LogP contribution in [0.25, 0.3) is 0 Å². The molecule has 0 saturated heterocycles. The highest BCUT2D eigenvalue weighted by molar-refractivity contribution is 9.10. The lowest BCUT2D eigenvalue weighted by Crippen LogP contribution is -1.98. The number of nitrogens with zero attached hydrogens (tertiary/aromatic N) is 2.